The van der Waals surface area contributed by atoms with E-state index in [2.05, 4.69) is 4.74 Å². The molecular weight excluding hydrogens is 220 g/mol. The van der Waals surface area contributed by atoms with Crippen molar-refractivity contribution in [3.05, 3.63) is 34.9 Å². The molecule has 0 saturated carbocycles. The third kappa shape index (κ3) is 1.85. The Balaban J connectivity index is 1.93. The van der Waals surface area contributed by atoms with Crippen molar-refractivity contribution in [1.82, 2.24) is 0 Å². The van der Waals surface area contributed by atoms with E-state index in [-0.39, 0.29) is 6.42 Å². The van der Waals surface area contributed by atoms with Gasteiger partial charge < -0.3 is 9.47 Å². The molecule has 4 nitrogen and oxygen atoms in total. The molecule has 1 fully saturated rings. The Kier molecular flexibility index (Phi) is 2.44. The molecule has 0 bridgehead atoms. The smallest absolute Gasteiger partial charge is 0.321 e. The van der Waals surface area contributed by atoms with Gasteiger partial charge in [0, 0.05) is 0 Å². The summed E-state index contributed by atoms with van der Waals surface area (Å²) in [7, 11) is 0. The van der Waals surface area contributed by atoms with Gasteiger partial charge in [0.15, 0.2) is 0 Å². The number of hydrogen-bond donors (Lipinski definition) is 0. The van der Waals surface area contributed by atoms with Crippen LogP contribution in [0.15, 0.2) is 18.2 Å². The number of esters is 2. The van der Waals surface area contributed by atoms with E-state index in [1.807, 2.05) is 18.2 Å². The first-order valence-electron chi connectivity index (χ1n) is 5.68. The summed E-state index contributed by atoms with van der Waals surface area (Å²) in [4.78, 5) is 22.5. The summed E-state index contributed by atoms with van der Waals surface area (Å²) in [6.45, 7) is 1.34. The number of carbonyl (C=O) groups excluding carboxylic acids is 2. The fourth-order valence-electron chi connectivity index (χ4n) is 2.33. The molecule has 1 aromatic rings. The summed E-state index contributed by atoms with van der Waals surface area (Å²) < 4.78 is 9.92. The van der Waals surface area contributed by atoms with Gasteiger partial charge in [0.1, 0.15) is 0 Å². The van der Waals surface area contributed by atoms with Crippen LogP contribution in [0, 0.1) is 0 Å². The van der Waals surface area contributed by atoms with Gasteiger partial charge in [-0.05, 0) is 23.1 Å². The molecule has 1 aromatic carbocycles. The van der Waals surface area contributed by atoms with E-state index >= 15 is 0 Å². The van der Waals surface area contributed by atoms with Crippen LogP contribution in [0.2, 0.25) is 0 Å². The van der Waals surface area contributed by atoms with Gasteiger partial charge in [-0.15, -0.1) is 0 Å². The summed E-state index contributed by atoms with van der Waals surface area (Å²) in [5.41, 5.74) is 3.25. The highest BCUT2D eigenvalue weighted by Gasteiger charge is 2.34. The third-order valence-corrected chi connectivity index (χ3v) is 3.28. The van der Waals surface area contributed by atoms with Gasteiger partial charge in [-0.1, -0.05) is 18.2 Å². The van der Waals surface area contributed by atoms with Crippen molar-refractivity contribution < 1.29 is 19.1 Å². The molecule has 0 aliphatic carbocycles. The van der Waals surface area contributed by atoms with Crippen LogP contribution in [0.1, 0.15) is 29.0 Å². The number of rotatable bonds is 1. The van der Waals surface area contributed by atoms with Crippen LogP contribution in [-0.4, -0.2) is 18.5 Å². The van der Waals surface area contributed by atoms with Gasteiger partial charge in [-0.25, -0.2) is 0 Å². The molecular formula is C13H12O4. The van der Waals surface area contributed by atoms with Crippen LogP contribution in [0.3, 0.4) is 0 Å². The normalized spacial score (nSPS) is 23.4. The molecule has 1 unspecified atom stereocenters. The van der Waals surface area contributed by atoms with E-state index in [4.69, 9.17) is 4.74 Å². The Morgan fingerprint density at radius 2 is 2.06 bits per heavy atom. The van der Waals surface area contributed by atoms with Crippen molar-refractivity contribution in [1.29, 1.82) is 0 Å². The fraction of sp³-hybridized carbons (Fsp3) is 0.385. The minimum Gasteiger partial charge on any atom is -0.393 e. The number of cyclic esters (lactones) is 2. The monoisotopic (exact) mass is 232 g/mol. The zero-order valence-electron chi connectivity index (χ0n) is 9.27. The summed E-state index contributed by atoms with van der Waals surface area (Å²) in [5, 5.41) is 0. The fourth-order valence-corrected chi connectivity index (χ4v) is 2.33. The maximum atomic E-state index is 11.5. The molecule has 17 heavy (non-hydrogen) atoms. The van der Waals surface area contributed by atoms with Gasteiger partial charge in [-0.3, -0.25) is 9.59 Å². The number of hydrogen-bond acceptors (Lipinski definition) is 4. The quantitative estimate of drug-likeness (QED) is 0.541. The lowest BCUT2D eigenvalue weighted by atomic mass is 9.92. The molecule has 2 heterocycles. The number of ether oxygens (including phenoxy) is 2. The predicted octanol–water partition coefficient (Wildman–Crippen LogP) is 1.32. The van der Waals surface area contributed by atoms with E-state index < -0.39 is 17.9 Å². The van der Waals surface area contributed by atoms with E-state index in [1.165, 1.54) is 5.56 Å². The van der Waals surface area contributed by atoms with Gasteiger partial charge in [0.05, 0.1) is 25.6 Å². The molecule has 0 amide bonds. The lowest BCUT2D eigenvalue weighted by Crippen LogP contribution is -2.12. The minimum atomic E-state index is -0.430. The maximum Gasteiger partial charge on any atom is 0.321 e. The van der Waals surface area contributed by atoms with Crippen LogP contribution in [-0.2, 0) is 32.1 Å². The molecule has 1 atom stereocenters. The summed E-state index contributed by atoms with van der Waals surface area (Å²) in [6.07, 6.45) is 1.02. The summed E-state index contributed by atoms with van der Waals surface area (Å²) >= 11 is 0. The first-order valence-corrected chi connectivity index (χ1v) is 5.68. The lowest BCUT2D eigenvalue weighted by molar-refractivity contribution is -0.152. The molecule has 88 valence electrons. The van der Waals surface area contributed by atoms with Gasteiger partial charge in [0.25, 0.3) is 0 Å². The first kappa shape index (κ1) is 10.5. The molecule has 4 heteroatoms. The Morgan fingerprint density at radius 3 is 2.82 bits per heavy atom. The molecule has 0 aromatic heterocycles. The SMILES string of the molecule is O=C1CC(c2ccc3c(c2)CCOC3)C(=O)O1. The predicted molar refractivity (Wildman–Crippen MR) is 58.3 cm³/mol. The third-order valence-electron chi connectivity index (χ3n) is 3.28. The minimum absolute atomic E-state index is 0.161. The van der Waals surface area contributed by atoms with E-state index in [0.29, 0.717) is 13.2 Å². The van der Waals surface area contributed by atoms with Crippen molar-refractivity contribution >= 4 is 11.9 Å². The molecule has 2 aliphatic heterocycles. The molecule has 0 spiro atoms. The van der Waals surface area contributed by atoms with E-state index in [9.17, 15) is 9.59 Å². The van der Waals surface area contributed by atoms with Gasteiger partial charge in [0.2, 0.25) is 0 Å². The van der Waals surface area contributed by atoms with Crippen molar-refractivity contribution in [3.8, 4) is 0 Å². The highest BCUT2D eigenvalue weighted by Crippen LogP contribution is 2.30. The number of carbonyl (C=O) groups is 2. The molecule has 1 saturated heterocycles. The van der Waals surface area contributed by atoms with E-state index in [0.717, 1.165) is 17.5 Å². The zero-order valence-corrected chi connectivity index (χ0v) is 9.27. The van der Waals surface area contributed by atoms with Crippen molar-refractivity contribution in [3.63, 3.8) is 0 Å². The average molecular weight is 232 g/mol. The zero-order chi connectivity index (χ0) is 11.8. The van der Waals surface area contributed by atoms with Crippen molar-refractivity contribution in [2.24, 2.45) is 0 Å². The van der Waals surface area contributed by atoms with Crippen LogP contribution < -0.4 is 0 Å². The standard InChI is InChI=1S/C13H12O4/c14-12-6-11(13(15)17-12)9-1-2-10-7-16-4-3-8(10)5-9/h1-2,5,11H,3-4,6-7H2. The Morgan fingerprint density at radius 1 is 1.18 bits per heavy atom. The summed E-state index contributed by atoms with van der Waals surface area (Å²) in [5.74, 6) is -1.28. The highest BCUT2D eigenvalue weighted by molar-refractivity contribution is 5.97. The topological polar surface area (TPSA) is 52.6 Å². The first-order chi connectivity index (χ1) is 8.24. The largest absolute Gasteiger partial charge is 0.393 e. The Labute approximate surface area is 98.5 Å². The second-order valence-electron chi connectivity index (χ2n) is 4.38. The van der Waals surface area contributed by atoms with Crippen LogP contribution >= 0.6 is 0 Å². The van der Waals surface area contributed by atoms with E-state index in [1.54, 1.807) is 0 Å². The van der Waals surface area contributed by atoms with Gasteiger partial charge >= 0.3 is 11.9 Å². The average Bonchev–Trinajstić information content (AvgIpc) is 2.68. The number of benzene rings is 1. The van der Waals surface area contributed by atoms with Crippen LogP contribution in [0.5, 0.6) is 0 Å². The molecule has 0 radical (unpaired) electrons. The lowest BCUT2D eigenvalue weighted by Gasteiger charge is -2.18. The van der Waals surface area contributed by atoms with Gasteiger partial charge in [-0.2, -0.15) is 0 Å². The number of fused-ring (bicyclic) bond motifs is 1. The maximum absolute atomic E-state index is 11.5. The van der Waals surface area contributed by atoms with Crippen molar-refractivity contribution in [2.45, 2.75) is 25.4 Å². The van der Waals surface area contributed by atoms with Crippen LogP contribution in [0.4, 0.5) is 0 Å². The molecule has 2 aliphatic rings. The van der Waals surface area contributed by atoms with Crippen molar-refractivity contribution in [2.75, 3.05) is 6.61 Å². The Bertz CT molecular complexity index is 492. The molecule has 0 N–H and O–H groups in total. The summed E-state index contributed by atoms with van der Waals surface area (Å²) in [6, 6.07) is 5.86. The highest BCUT2D eigenvalue weighted by atomic mass is 16.6. The van der Waals surface area contributed by atoms with Crippen LogP contribution in [0.25, 0.3) is 0 Å². The second kappa shape index (κ2) is 3.96. The molecule has 3 rings (SSSR count). The Hall–Kier alpha value is -1.68. The second-order valence-corrected chi connectivity index (χ2v) is 4.38.